The number of nitrogens with zero attached hydrogens (tertiary/aromatic N) is 3. The smallest absolute Gasteiger partial charge is 0.217 e. The molecule has 88 valence electrons. The zero-order valence-corrected chi connectivity index (χ0v) is 11.2. The highest BCUT2D eigenvalue weighted by Gasteiger charge is 2.18. The minimum Gasteiger partial charge on any atom is -0.474 e. The van der Waals surface area contributed by atoms with Crippen LogP contribution in [0.5, 0.6) is 5.88 Å². The molecule has 0 unspecified atom stereocenters. The Hall–Kier alpha value is -0.680. The molecule has 0 bridgehead atoms. The SMILES string of the molecule is Cc1nc(Br)cc(OC2CCN(C)CC2)n1. The third kappa shape index (κ3) is 3.15. The molecule has 1 aromatic heterocycles. The van der Waals surface area contributed by atoms with E-state index in [1.165, 1.54) is 0 Å². The number of hydrogen-bond donors (Lipinski definition) is 0. The van der Waals surface area contributed by atoms with Crippen LogP contribution >= 0.6 is 15.9 Å². The standard InChI is InChI=1S/C11H16BrN3O/c1-8-13-10(12)7-11(14-8)16-9-3-5-15(2)6-4-9/h7,9H,3-6H2,1-2H3. The first-order valence-corrected chi connectivity index (χ1v) is 6.29. The fourth-order valence-electron chi connectivity index (χ4n) is 1.84. The van der Waals surface area contributed by atoms with E-state index in [-0.39, 0.29) is 6.10 Å². The summed E-state index contributed by atoms with van der Waals surface area (Å²) in [6.07, 6.45) is 2.42. The summed E-state index contributed by atoms with van der Waals surface area (Å²) in [6.45, 7) is 4.05. The normalized spacial score (nSPS) is 18.7. The van der Waals surface area contributed by atoms with Crippen LogP contribution in [0.1, 0.15) is 18.7 Å². The van der Waals surface area contributed by atoms with Crippen LogP contribution < -0.4 is 4.74 Å². The van der Waals surface area contributed by atoms with E-state index in [0.717, 1.165) is 36.4 Å². The first-order valence-electron chi connectivity index (χ1n) is 5.50. The van der Waals surface area contributed by atoms with Gasteiger partial charge in [-0.3, -0.25) is 0 Å². The summed E-state index contributed by atoms with van der Waals surface area (Å²) in [6, 6.07) is 1.82. The van der Waals surface area contributed by atoms with Crippen LogP contribution in [0, 0.1) is 6.92 Å². The van der Waals surface area contributed by atoms with Crippen molar-refractivity contribution < 1.29 is 4.74 Å². The van der Waals surface area contributed by atoms with E-state index in [0.29, 0.717) is 5.88 Å². The first kappa shape index (κ1) is 11.8. The monoisotopic (exact) mass is 285 g/mol. The Kier molecular flexibility index (Phi) is 3.76. The van der Waals surface area contributed by atoms with Gasteiger partial charge in [0.15, 0.2) is 0 Å². The molecule has 2 heterocycles. The maximum absolute atomic E-state index is 5.86. The highest BCUT2D eigenvalue weighted by Crippen LogP contribution is 2.19. The summed E-state index contributed by atoms with van der Waals surface area (Å²) in [4.78, 5) is 10.7. The van der Waals surface area contributed by atoms with Crippen molar-refractivity contribution in [1.82, 2.24) is 14.9 Å². The van der Waals surface area contributed by atoms with Crippen molar-refractivity contribution in [1.29, 1.82) is 0 Å². The van der Waals surface area contributed by atoms with Crippen molar-refractivity contribution in [3.8, 4) is 5.88 Å². The molecule has 0 aliphatic carbocycles. The van der Waals surface area contributed by atoms with E-state index in [1.54, 1.807) is 0 Å². The van der Waals surface area contributed by atoms with E-state index in [2.05, 4.69) is 37.8 Å². The number of ether oxygens (including phenoxy) is 1. The summed E-state index contributed by atoms with van der Waals surface area (Å²) in [5.74, 6) is 1.41. The van der Waals surface area contributed by atoms with Crippen molar-refractivity contribution in [2.24, 2.45) is 0 Å². The minimum absolute atomic E-state index is 0.289. The van der Waals surface area contributed by atoms with Gasteiger partial charge in [-0.1, -0.05) is 0 Å². The van der Waals surface area contributed by atoms with E-state index in [4.69, 9.17) is 4.74 Å². The molecular weight excluding hydrogens is 270 g/mol. The second-order valence-electron chi connectivity index (χ2n) is 4.20. The Morgan fingerprint density at radius 3 is 2.69 bits per heavy atom. The molecule has 1 aromatic rings. The molecular formula is C11H16BrN3O. The highest BCUT2D eigenvalue weighted by molar-refractivity contribution is 9.10. The zero-order valence-electron chi connectivity index (χ0n) is 9.61. The number of piperidine rings is 1. The molecule has 0 amide bonds. The molecule has 0 N–H and O–H groups in total. The highest BCUT2D eigenvalue weighted by atomic mass is 79.9. The Morgan fingerprint density at radius 1 is 1.38 bits per heavy atom. The van der Waals surface area contributed by atoms with Crippen molar-refractivity contribution in [3.05, 3.63) is 16.5 Å². The van der Waals surface area contributed by atoms with Crippen LogP contribution in [0.3, 0.4) is 0 Å². The molecule has 0 radical (unpaired) electrons. The molecule has 0 saturated carbocycles. The molecule has 2 rings (SSSR count). The summed E-state index contributed by atoms with van der Waals surface area (Å²) < 4.78 is 6.64. The second-order valence-corrected chi connectivity index (χ2v) is 5.01. The molecule has 1 aliphatic rings. The molecule has 0 aromatic carbocycles. The van der Waals surface area contributed by atoms with E-state index in [9.17, 15) is 0 Å². The quantitative estimate of drug-likeness (QED) is 0.780. The van der Waals surface area contributed by atoms with Crippen molar-refractivity contribution in [2.45, 2.75) is 25.9 Å². The van der Waals surface area contributed by atoms with Gasteiger partial charge in [-0.05, 0) is 42.7 Å². The van der Waals surface area contributed by atoms with Crippen LogP contribution in [0.25, 0.3) is 0 Å². The van der Waals surface area contributed by atoms with Crippen molar-refractivity contribution in [2.75, 3.05) is 20.1 Å². The molecule has 0 atom stereocenters. The topological polar surface area (TPSA) is 38.2 Å². The average Bonchev–Trinajstić information content (AvgIpc) is 2.20. The molecule has 1 saturated heterocycles. The molecule has 16 heavy (non-hydrogen) atoms. The predicted octanol–water partition coefficient (Wildman–Crippen LogP) is 2.02. The van der Waals surface area contributed by atoms with Gasteiger partial charge in [-0.15, -0.1) is 0 Å². The zero-order chi connectivity index (χ0) is 11.5. The Balaban J connectivity index is 1.98. The third-order valence-corrected chi connectivity index (χ3v) is 3.14. The number of likely N-dealkylation sites (tertiary alicyclic amines) is 1. The molecule has 0 spiro atoms. The largest absolute Gasteiger partial charge is 0.474 e. The third-order valence-electron chi connectivity index (χ3n) is 2.74. The minimum atomic E-state index is 0.289. The summed E-state index contributed by atoms with van der Waals surface area (Å²) in [5, 5.41) is 0. The maximum Gasteiger partial charge on any atom is 0.217 e. The van der Waals surface area contributed by atoms with Gasteiger partial charge in [0.2, 0.25) is 5.88 Å². The Labute approximate surface area is 104 Å². The van der Waals surface area contributed by atoms with Gasteiger partial charge in [0.25, 0.3) is 0 Å². The van der Waals surface area contributed by atoms with E-state index < -0.39 is 0 Å². The summed E-state index contributed by atoms with van der Waals surface area (Å²) in [7, 11) is 2.14. The molecule has 5 heteroatoms. The molecule has 1 aliphatic heterocycles. The summed E-state index contributed by atoms with van der Waals surface area (Å²) >= 11 is 3.35. The van der Waals surface area contributed by atoms with Gasteiger partial charge in [-0.2, -0.15) is 4.98 Å². The second kappa shape index (κ2) is 5.10. The Morgan fingerprint density at radius 2 is 2.06 bits per heavy atom. The lowest BCUT2D eigenvalue weighted by Crippen LogP contribution is -2.35. The number of hydrogen-bond acceptors (Lipinski definition) is 4. The van der Waals surface area contributed by atoms with Crippen LogP contribution in [-0.4, -0.2) is 41.1 Å². The van der Waals surface area contributed by atoms with Crippen LogP contribution in [0.2, 0.25) is 0 Å². The number of aromatic nitrogens is 2. The van der Waals surface area contributed by atoms with Gasteiger partial charge < -0.3 is 9.64 Å². The fraction of sp³-hybridized carbons (Fsp3) is 0.636. The van der Waals surface area contributed by atoms with Gasteiger partial charge in [-0.25, -0.2) is 4.98 Å². The van der Waals surface area contributed by atoms with Gasteiger partial charge in [0.1, 0.15) is 16.5 Å². The van der Waals surface area contributed by atoms with Crippen LogP contribution in [0.15, 0.2) is 10.7 Å². The van der Waals surface area contributed by atoms with Crippen LogP contribution in [0.4, 0.5) is 0 Å². The maximum atomic E-state index is 5.86. The van der Waals surface area contributed by atoms with Crippen molar-refractivity contribution >= 4 is 15.9 Å². The van der Waals surface area contributed by atoms with Crippen molar-refractivity contribution in [3.63, 3.8) is 0 Å². The lowest BCUT2D eigenvalue weighted by Gasteiger charge is -2.28. The lowest BCUT2D eigenvalue weighted by atomic mass is 10.1. The summed E-state index contributed by atoms with van der Waals surface area (Å²) in [5.41, 5.74) is 0. The number of aryl methyl sites for hydroxylation is 1. The number of rotatable bonds is 2. The van der Waals surface area contributed by atoms with Gasteiger partial charge in [0.05, 0.1) is 0 Å². The average molecular weight is 286 g/mol. The predicted molar refractivity (Wildman–Crippen MR) is 65.6 cm³/mol. The first-order chi connectivity index (χ1) is 7.63. The van der Waals surface area contributed by atoms with Crippen LogP contribution in [-0.2, 0) is 0 Å². The van der Waals surface area contributed by atoms with Gasteiger partial charge in [0, 0.05) is 19.2 Å². The van der Waals surface area contributed by atoms with E-state index in [1.807, 2.05) is 13.0 Å². The van der Waals surface area contributed by atoms with Gasteiger partial charge >= 0.3 is 0 Å². The lowest BCUT2D eigenvalue weighted by molar-refractivity contribution is 0.109. The Bertz CT molecular complexity index is 344. The number of halogens is 1. The van der Waals surface area contributed by atoms with E-state index >= 15 is 0 Å². The molecule has 4 nitrogen and oxygen atoms in total. The fourth-order valence-corrected chi connectivity index (χ4v) is 2.29. The molecule has 1 fully saturated rings.